The van der Waals surface area contributed by atoms with E-state index in [1.54, 1.807) is 13.2 Å². The monoisotopic (exact) mass is 299 g/mol. The molecule has 1 atom stereocenters. The Morgan fingerprint density at radius 2 is 2.30 bits per heavy atom. The van der Waals surface area contributed by atoms with Gasteiger partial charge < -0.3 is 15.0 Å². The molecule has 0 spiro atoms. The van der Waals surface area contributed by atoms with Gasteiger partial charge in [0.25, 0.3) is 0 Å². The number of nitrogens with two attached hydrogens (primary N) is 1. The molecule has 2 rings (SSSR count). The van der Waals surface area contributed by atoms with Crippen molar-refractivity contribution in [3.8, 4) is 0 Å². The maximum absolute atomic E-state index is 13.0. The van der Waals surface area contributed by atoms with E-state index in [2.05, 4.69) is 10.1 Å². The Morgan fingerprint density at radius 1 is 1.50 bits per heavy atom. The highest BCUT2D eigenvalue weighted by molar-refractivity contribution is 6.31. The molecule has 5 nitrogen and oxygen atoms in total. The highest BCUT2D eigenvalue weighted by atomic mass is 35.5. The standard InChI is InChI=1S/C13H15ClFN3O2/c1-19-10(7-16)6-13-17-12(18-20-13)4-8-2-3-9(15)5-11(8)14/h2-3,5,10H,4,6-7,16H2,1H3. The van der Waals surface area contributed by atoms with Crippen molar-refractivity contribution in [2.24, 2.45) is 5.73 Å². The van der Waals surface area contributed by atoms with E-state index in [0.717, 1.165) is 5.56 Å². The molecule has 20 heavy (non-hydrogen) atoms. The van der Waals surface area contributed by atoms with Gasteiger partial charge in [-0.2, -0.15) is 4.98 Å². The minimum Gasteiger partial charge on any atom is -0.380 e. The molecule has 1 unspecified atom stereocenters. The second-order valence-corrected chi connectivity index (χ2v) is 4.72. The van der Waals surface area contributed by atoms with Crippen LogP contribution in [-0.4, -0.2) is 29.9 Å². The fourth-order valence-electron chi connectivity index (χ4n) is 1.74. The first kappa shape index (κ1) is 14.9. The normalized spacial score (nSPS) is 12.6. The Bertz CT molecular complexity index is 572. The van der Waals surface area contributed by atoms with Crippen LogP contribution in [0.4, 0.5) is 4.39 Å². The summed E-state index contributed by atoms with van der Waals surface area (Å²) in [5, 5.41) is 4.20. The topological polar surface area (TPSA) is 74.2 Å². The number of ether oxygens (including phenoxy) is 1. The summed E-state index contributed by atoms with van der Waals surface area (Å²) in [6.07, 6.45) is 0.678. The van der Waals surface area contributed by atoms with E-state index in [-0.39, 0.29) is 11.9 Å². The van der Waals surface area contributed by atoms with Crippen molar-refractivity contribution in [1.29, 1.82) is 0 Å². The van der Waals surface area contributed by atoms with Crippen LogP contribution >= 0.6 is 11.6 Å². The molecule has 2 N–H and O–H groups in total. The molecule has 0 aliphatic heterocycles. The highest BCUT2D eigenvalue weighted by Gasteiger charge is 2.14. The van der Waals surface area contributed by atoms with Gasteiger partial charge in [0.1, 0.15) is 5.82 Å². The maximum Gasteiger partial charge on any atom is 0.229 e. The lowest BCUT2D eigenvalue weighted by atomic mass is 10.1. The van der Waals surface area contributed by atoms with Gasteiger partial charge in [0.05, 0.1) is 12.5 Å². The number of hydrogen-bond acceptors (Lipinski definition) is 5. The van der Waals surface area contributed by atoms with Crippen LogP contribution in [0.3, 0.4) is 0 Å². The number of hydrogen-bond donors (Lipinski definition) is 1. The van der Waals surface area contributed by atoms with E-state index >= 15 is 0 Å². The van der Waals surface area contributed by atoms with Crippen LogP contribution in [0.1, 0.15) is 17.3 Å². The number of aromatic nitrogens is 2. The summed E-state index contributed by atoms with van der Waals surface area (Å²) in [5.74, 6) is 0.564. The summed E-state index contributed by atoms with van der Waals surface area (Å²) in [7, 11) is 1.58. The summed E-state index contributed by atoms with van der Waals surface area (Å²) in [4.78, 5) is 4.24. The third-order valence-corrected chi connectivity index (χ3v) is 3.22. The van der Waals surface area contributed by atoms with Crippen molar-refractivity contribution in [3.05, 3.63) is 46.3 Å². The third-order valence-electron chi connectivity index (χ3n) is 2.87. The lowest BCUT2D eigenvalue weighted by molar-refractivity contribution is 0.102. The summed E-state index contributed by atoms with van der Waals surface area (Å²) in [6, 6.07) is 4.20. The van der Waals surface area contributed by atoms with Crippen LogP contribution in [0, 0.1) is 5.82 Å². The first-order chi connectivity index (χ1) is 9.62. The van der Waals surface area contributed by atoms with Gasteiger partial charge in [-0.1, -0.05) is 22.8 Å². The van der Waals surface area contributed by atoms with Crippen molar-refractivity contribution in [2.75, 3.05) is 13.7 Å². The number of halogens is 2. The fourth-order valence-corrected chi connectivity index (χ4v) is 1.97. The summed E-state index contributed by atoms with van der Waals surface area (Å²) in [6.45, 7) is 0.373. The van der Waals surface area contributed by atoms with Gasteiger partial charge in [-0.25, -0.2) is 4.39 Å². The van der Waals surface area contributed by atoms with Gasteiger partial charge in [0, 0.05) is 25.1 Å². The van der Waals surface area contributed by atoms with Crippen molar-refractivity contribution >= 4 is 11.6 Å². The van der Waals surface area contributed by atoms with Crippen molar-refractivity contribution < 1.29 is 13.7 Å². The third kappa shape index (κ3) is 3.75. The second-order valence-electron chi connectivity index (χ2n) is 4.31. The average molecular weight is 300 g/mol. The van der Waals surface area contributed by atoms with Crippen molar-refractivity contribution in [3.63, 3.8) is 0 Å². The zero-order valence-electron chi connectivity index (χ0n) is 11.0. The van der Waals surface area contributed by atoms with E-state index in [4.69, 9.17) is 26.6 Å². The average Bonchev–Trinajstić information content (AvgIpc) is 2.86. The van der Waals surface area contributed by atoms with Gasteiger partial charge in [0.15, 0.2) is 5.82 Å². The van der Waals surface area contributed by atoms with Gasteiger partial charge in [-0.3, -0.25) is 0 Å². The lowest BCUT2D eigenvalue weighted by Gasteiger charge is -2.08. The molecule has 0 fully saturated rings. The van der Waals surface area contributed by atoms with E-state index < -0.39 is 0 Å². The molecule has 2 aromatic rings. The van der Waals surface area contributed by atoms with Gasteiger partial charge in [0.2, 0.25) is 5.89 Å². The number of methoxy groups -OCH3 is 1. The molecule has 0 amide bonds. The van der Waals surface area contributed by atoms with Crippen LogP contribution in [0.15, 0.2) is 22.7 Å². The van der Waals surface area contributed by atoms with Crippen LogP contribution in [0.25, 0.3) is 0 Å². The van der Waals surface area contributed by atoms with Crippen LogP contribution in [0.5, 0.6) is 0 Å². The smallest absolute Gasteiger partial charge is 0.229 e. The molecule has 0 aliphatic carbocycles. The van der Waals surface area contributed by atoms with Crippen LogP contribution < -0.4 is 5.73 Å². The largest absolute Gasteiger partial charge is 0.380 e. The molecule has 0 bridgehead atoms. The highest BCUT2D eigenvalue weighted by Crippen LogP contribution is 2.19. The molecule has 1 aromatic heterocycles. The van der Waals surface area contributed by atoms with E-state index in [0.29, 0.717) is 36.1 Å². The number of rotatable bonds is 6. The van der Waals surface area contributed by atoms with E-state index in [1.807, 2.05) is 0 Å². The number of benzene rings is 1. The molecule has 1 heterocycles. The molecule has 0 saturated heterocycles. The van der Waals surface area contributed by atoms with Gasteiger partial charge in [-0.15, -0.1) is 0 Å². The molecule has 7 heteroatoms. The minimum atomic E-state index is -0.376. The summed E-state index contributed by atoms with van der Waals surface area (Å²) in [5.41, 5.74) is 6.27. The Hall–Kier alpha value is -1.50. The Morgan fingerprint density at radius 3 is 2.95 bits per heavy atom. The quantitative estimate of drug-likeness (QED) is 0.882. The molecular formula is C13H15ClFN3O2. The zero-order chi connectivity index (χ0) is 14.5. The lowest BCUT2D eigenvalue weighted by Crippen LogP contribution is -2.24. The van der Waals surface area contributed by atoms with E-state index in [1.165, 1.54) is 12.1 Å². The number of nitrogens with zero attached hydrogens (tertiary/aromatic N) is 2. The first-order valence-electron chi connectivity index (χ1n) is 6.10. The molecular weight excluding hydrogens is 285 g/mol. The maximum atomic E-state index is 13.0. The van der Waals surface area contributed by atoms with Crippen molar-refractivity contribution in [1.82, 2.24) is 10.1 Å². The predicted octanol–water partition coefficient (Wildman–Crippen LogP) is 1.97. The molecule has 108 valence electrons. The summed E-state index contributed by atoms with van der Waals surface area (Å²) >= 11 is 5.95. The zero-order valence-corrected chi connectivity index (χ0v) is 11.7. The molecule has 0 radical (unpaired) electrons. The molecule has 0 saturated carbocycles. The Balaban J connectivity index is 2.05. The Labute approximate surface area is 120 Å². The van der Waals surface area contributed by atoms with Gasteiger partial charge in [-0.05, 0) is 17.7 Å². The van der Waals surface area contributed by atoms with Gasteiger partial charge >= 0.3 is 0 Å². The molecule has 1 aromatic carbocycles. The Kier molecular flexibility index (Phi) is 5.05. The minimum absolute atomic E-state index is 0.155. The second kappa shape index (κ2) is 6.78. The SMILES string of the molecule is COC(CN)Cc1nc(Cc2ccc(F)cc2Cl)no1. The first-order valence-corrected chi connectivity index (χ1v) is 6.48. The van der Waals surface area contributed by atoms with Crippen LogP contribution in [0.2, 0.25) is 5.02 Å². The van der Waals surface area contributed by atoms with Crippen molar-refractivity contribution in [2.45, 2.75) is 18.9 Å². The molecule has 0 aliphatic rings. The van der Waals surface area contributed by atoms with E-state index in [9.17, 15) is 4.39 Å². The summed E-state index contributed by atoms with van der Waals surface area (Å²) < 4.78 is 23.2. The van der Waals surface area contributed by atoms with Crippen LogP contribution in [-0.2, 0) is 17.6 Å². The predicted molar refractivity (Wildman–Crippen MR) is 72.1 cm³/mol. The fraction of sp³-hybridized carbons (Fsp3) is 0.385.